The number of hydrogen-bond acceptors (Lipinski definition) is 6. The fourth-order valence-electron chi connectivity index (χ4n) is 13.0. The molecule has 82 heavy (non-hydrogen) atoms. The molecule has 6 nitrogen and oxygen atoms in total. The average Bonchev–Trinajstić information content (AvgIpc) is 4.29. The van der Waals surface area contributed by atoms with Crippen LogP contribution >= 0.6 is 0 Å². The monoisotopic (exact) mass is 1140 g/mol. The predicted octanol–water partition coefficient (Wildman–Crippen LogP) is 17.8. The van der Waals surface area contributed by atoms with Crippen molar-refractivity contribution >= 4 is 35.4 Å². The third-order valence-corrected chi connectivity index (χ3v) is 20.4. The lowest BCUT2D eigenvalue weighted by Gasteiger charge is -2.34. The van der Waals surface area contributed by atoms with E-state index >= 15 is 0 Å². The van der Waals surface area contributed by atoms with Gasteiger partial charge in [-0.1, -0.05) is 149 Å². The standard InChI is InChI=1S/C37H48OSi.C35H51BO3Si.CO2/c1-9-30-14-16-32(17-15-30)35-21-20-34(27-29(35)5)37(10-2,11-3)33-19-18-31(28(4)26-33)22-25-36(23-12-13-24-36)38-39(6,7)8;1-12-35(13-2,30-18-19-31(27(4)25-30)36-37-32(5,6)33(7,8)38-36)29-17-16-28(26(3)24-29)20-23-34(21-14-15-22-34)39-40(9,10)11;2-1-3/h14-21,26-27H,9-13,23-24H2,1-8H3;16-19,24-25H,12-15,21-22H2,1-11H3;. The van der Waals surface area contributed by atoms with Crippen LogP contribution in [0.25, 0.3) is 11.1 Å². The lowest BCUT2D eigenvalue weighted by molar-refractivity contribution is -0.191. The van der Waals surface area contributed by atoms with Gasteiger partial charge in [0.2, 0.25) is 0 Å². The summed E-state index contributed by atoms with van der Waals surface area (Å²) in [7, 11) is -3.69. The molecule has 2 aliphatic carbocycles. The summed E-state index contributed by atoms with van der Waals surface area (Å²) in [4.78, 5) is 16.2. The van der Waals surface area contributed by atoms with Gasteiger partial charge in [-0.05, 0) is 251 Å². The van der Waals surface area contributed by atoms with Gasteiger partial charge in [-0.3, -0.25) is 0 Å². The first-order chi connectivity index (χ1) is 38.5. The molecule has 0 spiro atoms. The van der Waals surface area contributed by atoms with Crippen molar-refractivity contribution in [2.75, 3.05) is 0 Å². The van der Waals surface area contributed by atoms with E-state index in [0.717, 1.165) is 74.4 Å². The summed E-state index contributed by atoms with van der Waals surface area (Å²) in [6.45, 7) is 42.4. The van der Waals surface area contributed by atoms with E-state index in [-0.39, 0.29) is 46.5 Å². The first-order valence-corrected chi connectivity index (χ1v) is 37.7. The van der Waals surface area contributed by atoms with Gasteiger partial charge in [0.1, 0.15) is 11.2 Å². The van der Waals surface area contributed by atoms with Crippen LogP contribution in [0, 0.1) is 51.4 Å². The van der Waals surface area contributed by atoms with Crippen molar-refractivity contribution in [3.63, 3.8) is 0 Å². The van der Waals surface area contributed by atoms with Crippen molar-refractivity contribution in [1.82, 2.24) is 0 Å². The first kappa shape index (κ1) is 66.1. The van der Waals surface area contributed by atoms with Crippen LogP contribution in [0.15, 0.2) is 97.1 Å². The minimum absolute atomic E-state index is 0.0142. The molecule has 5 aromatic carbocycles. The summed E-state index contributed by atoms with van der Waals surface area (Å²) in [5.41, 5.74) is 16.6. The zero-order valence-corrected chi connectivity index (χ0v) is 56.0. The van der Waals surface area contributed by atoms with Crippen LogP contribution in [0.3, 0.4) is 0 Å². The van der Waals surface area contributed by atoms with Gasteiger partial charge < -0.3 is 18.2 Å². The van der Waals surface area contributed by atoms with Crippen molar-refractivity contribution in [2.24, 2.45) is 0 Å². The van der Waals surface area contributed by atoms with Gasteiger partial charge in [0, 0.05) is 22.0 Å². The predicted molar refractivity (Wildman–Crippen MR) is 348 cm³/mol. The van der Waals surface area contributed by atoms with E-state index in [1.165, 1.54) is 86.9 Å². The van der Waals surface area contributed by atoms with E-state index in [2.05, 4.69) is 250 Å². The van der Waals surface area contributed by atoms with E-state index in [1.807, 2.05) is 0 Å². The third-order valence-electron chi connectivity index (χ3n) is 18.4. The van der Waals surface area contributed by atoms with Crippen LogP contribution < -0.4 is 5.46 Å². The Morgan fingerprint density at radius 3 is 1.18 bits per heavy atom. The summed E-state index contributed by atoms with van der Waals surface area (Å²) in [6.07, 6.45) is 14.6. The first-order valence-electron chi connectivity index (χ1n) is 30.9. The van der Waals surface area contributed by atoms with Crippen LogP contribution in [0.2, 0.25) is 39.3 Å². The van der Waals surface area contributed by atoms with Gasteiger partial charge >= 0.3 is 13.3 Å². The molecule has 1 aliphatic heterocycles. The van der Waals surface area contributed by atoms with Gasteiger partial charge in [-0.15, -0.1) is 0 Å². The Labute approximate surface area is 499 Å². The molecule has 3 aliphatic rings. The molecule has 438 valence electrons. The van der Waals surface area contributed by atoms with E-state index in [4.69, 9.17) is 27.7 Å². The van der Waals surface area contributed by atoms with Gasteiger partial charge in [-0.25, -0.2) is 0 Å². The maximum atomic E-state index is 8.12. The van der Waals surface area contributed by atoms with Gasteiger partial charge in [0.25, 0.3) is 0 Å². The third kappa shape index (κ3) is 15.2. The molecule has 1 saturated heterocycles. The van der Waals surface area contributed by atoms with Gasteiger partial charge in [-0.2, -0.15) is 9.59 Å². The summed E-state index contributed by atoms with van der Waals surface area (Å²) in [5, 5.41) is 0. The Morgan fingerprint density at radius 1 is 0.500 bits per heavy atom. The van der Waals surface area contributed by atoms with Crippen molar-refractivity contribution in [2.45, 2.75) is 246 Å². The molecule has 3 fully saturated rings. The highest BCUT2D eigenvalue weighted by atomic mass is 28.4. The maximum absolute atomic E-state index is 8.12. The van der Waals surface area contributed by atoms with E-state index in [9.17, 15) is 0 Å². The summed E-state index contributed by atoms with van der Waals surface area (Å²) in [6, 6.07) is 36.9. The van der Waals surface area contributed by atoms with Gasteiger partial charge in [0.15, 0.2) is 16.6 Å². The van der Waals surface area contributed by atoms with E-state index in [0.29, 0.717) is 0 Å². The van der Waals surface area contributed by atoms with Crippen molar-refractivity contribution < 1.29 is 27.7 Å². The molecule has 0 N–H and O–H groups in total. The summed E-state index contributed by atoms with van der Waals surface area (Å²) >= 11 is 0. The Kier molecular flexibility index (Phi) is 21.7. The van der Waals surface area contributed by atoms with E-state index in [1.54, 1.807) is 0 Å². The molecule has 5 aromatic rings. The largest absolute Gasteiger partial charge is 0.495 e. The highest BCUT2D eigenvalue weighted by molar-refractivity contribution is 6.70. The minimum atomic E-state index is -1.68. The molecule has 0 unspecified atom stereocenters. The minimum Gasteiger partial charge on any atom is -0.402 e. The summed E-state index contributed by atoms with van der Waals surface area (Å²) in [5.74, 6) is 14.4. The van der Waals surface area contributed by atoms with Crippen molar-refractivity contribution in [3.8, 4) is 34.8 Å². The number of hydrogen-bond donors (Lipinski definition) is 0. The fourth-order valence-corrected chi connectivity index (χ4v) is 15.9. The smallest absolute Gasteiger partial charge is 0.402 e. The SMILES string of the molecule is CCC(CC)(c1ccc(C#CC2(O[Si](C)(C)C)CCCC2)c(C)c1)c1ccc(B2OC(C)(C)C(C)(C)O2)c(C)c1.CCc1ccc(-c2ccc(C(CC)(CC)c3ccc(C#CC4(O[Si](C)(C)C)CCCC4)c(C)c3)cc2C)cc1.O=C=O. The molecule has 1 heterocycles. The number of aryl methyl sites for hydroxylation is 5. The molecule has 0 atom stereocenters. The molecular weight excluding hydrogens is 1040 g/mol. The Morgan fingerprint density at radius 2 is 0.854 bits per heavy atom. The highest BCUT2D eigenvalue weighted by Crippen LogP contribution is 2.44. The maximum Gasteiger partial charge on any atom is 0.495 e. The van der Waals surface area contributed by atoms with Crippen LogP contribution in [0.4, 0.5) is 0 Å². The number of rotatable bonds is 15. The number of carbonyl (C=O) groups excluding carboxylic acids is 2. The highest BCUT2D eigenvalue weighted by Gasteiger charge is 2.52. The van der Waals surface area contributed by atoms with Crippen LogP contribution in [-0.2, 0) is 45.0 Å². The lowest BCUT2D eigenvalue weighted by Crippen LogP contribution is -2.41. The molecule has 8 rings (SSSR count). The quantitative estimate of drug-likeness (QED) is 0.0768. The van der Waals surface area contributed by atoms with Crippen LogP contribution in [0.1, 0.15) is 201 Å². The number of benzene rings is 5. The van der Waals surface area contributed by atoms with Gasteiger partial charge in [0.05, 0.1) is 11.2 Å². The topological polar surface area (TPSA) is 71.1 Å². The average molecular weight is 1140 g/mol. The fraction of sp³-hybridized carbons (Fsp3) is 0.521. The molecule has 0 bridgehead atoms. The normalized spacial score (nSPS) is 17.0. The Balaban J connectivity index is 0.000000252. The van der Waals surface area contributed by atoms with E-state index < -0.39 is 16.6 Å². The van der Waals surface area contributed by atoms with Crippen molar-refractivity contribution in [3.05, 3.63) is 158 Å². The zero-order valence-electron chi connectivity index (χ0n) is 54.0. The van der Waals surface area contributed by atoms with Crippen molar-refractivity contribution in [1.29, 1.82) is 0 Å². The summed E-state index contributed by atoms with van der Waals surface area (Å²) < 4.78 is 26.0. The Hall–Kier alpha value is -5.06. The molecule has 0 aromatic heterocycles. The molecule has 2 saturated carbocycles. The zero-order chi connectivity index (χ0) is 60.5. The second-order valence-corrected chi connectivity index (χ2v) is 35.7. The van der Waals surface area contributed by atoms with Crippen LogP contribution in [0.5, 0.6) is 0 Å². The second-order valence-electron chi connectivity index (χ2n) is 26.8. The Bertz CT molecular complexity index is 3130. The lowest BCUT2D eigenvalue weighted by atomic mass is 9.68. The molecule has 0 radical (unpaired) electrons. The molecular formula is C73H99BO6Si2. The van der Waals surface area contributed by atoms with Crippen LogP contribution in [-0.4, -0.2) is 52.3 Å². The molecule has 9 heteroatoms. The second kappa shape index (κ2) is 26.9. The molecule has 0 amide bonds.